The number of amidine groups is 1. The number of amides is 1. The topological polar surface area (TPSA) is 160 Å². The molecule has 5 aromatic rings. The highest BCUT2D eigenvalue weighted by molar-refractivity contribution is 8.13. The van der Waals surface area contributed by atoms with E-state index >= 15 is 0 Å². The summed E-state index contributed by atoms with van der Waals surface area (Å²) in [7, 11) is 1.61. The Morgan fingerprint density at radius 2 is 1.49 bits per heavy atom. The number of ether oxygens (including phenoxy) is 3. The number of nitrogens with one attached hydrogen (secondary N) is 3. The van der Waals surface area contributed by atoms with E-state index in [1.54, 1.807) is 61.7 Å². The molecule has 0 saturated carbocycles. The molecule has 0 radical (unpaired) electrons. The molecule has 0 saturated heterocycles. The van der Waals surface area contributed by atoms with Crippen LogP contribution in [0.25, 0.3) is 10.8 Å². The maximum Gasteiger partial charge on any atom is 0.311 e. The van der Waals surface area contributed by atoms with Gasteiger partial charge in [0.1, 0.15) is 23.4 Å². The molecule has 0 aliphatic carbocycles. The molecule has 0 unspecified atom stereocenters. The van der Waals surface area contributed by atoms with E-state index in [-0.39, 0.29) is 45.3 Å². The van der Waals surface area contributed by atoms with Gasteiger partial charge in [0.2, 0.25) is 10.9 Å². The Labute approximate surface area is 354 Å². The van der Waals surface area contributed by atoms with Gasteiger partial charge in [-0.2, -0.15) is 0 Å². The minimum atomic E-state index is -0.720. The minimum Gasteiger partial charge on any atom is -0.506 e. The molecule has 1 heterocycles. The molecular formula is C47H28N6O7S. The lowest BCUT2D eigenvalue weighted by atomic mass is 10.0. The molecule has 61 heavy (non-hydrogen) atoms. The summed E-state index contributed by atoms with van der Waals surface area (Å²) in [6.45, 7) is 0.500. The number of rotatable bonds is 11. The Morgan fingerprint density at radius 3 is 2.20 bits per heavy atom. The zero-order valence-electron chi connectivity index (χ0n) is 31.9. The summed E-state index contributed by atoms with van der Waals surface area (Å²) in [6, 6.07) is 26.7. The van der Waals surface area contributed by atoms with Crippen molar-refractivity contribution >= 4 is 45.0 Å². The average molecular weight is 821 g/mol. The van der Waals surface area contributed by atoms with Gasteiger partial charge in [0.15, 0.2) is 5.75 Å². The summed E-state index contributed by atoms with van der Waals surface area (Å²) in [5, 5.41) is 33.8. The summed E-state index contributed by atoms with van der Waals surface area (Å²) >= 11 is 1.37. The number of terminal acetylenes is 1. The van der Waals surface area contributed by atoms with E-state index < -0.39 is 10.8 Å². The number of nitro groups is 1. The summed E-state index contributed by atoms with van der Waals surface area (Å²) in [5.74, 6) is 29.5. The Kier molecular flexibility index (Phi) is 14.2. The third kappa shape index (κ3) is 11.3. The zero-order valence-corrected chi connectivity index (χ0v) is 32.7. The molecule has 0 bridgehead atoms. The van der Waals surface area contributed by atoms with Crippen LogP contribution in [0.4, 0.5) is 11.4 Å². The molecule has 1 aliphatic heterocycles. The average Bonchev–Trinajstić information content (AvgIpc) is 3.72. The number of carbonyl (C=O) groups is 1. The molecule has 0 atom stereocenters. The van der Waals surface area contributed by atoms with E-state index in [9.17, 15) is 20.0 Å². The van der Waals surface area contributed by atoms with Crippen molar-refractivity contribution in [3.8, 4) is 112 Å². The number of thioether (sulfide) groups is 1. The predicted molar refractivity (Wildman–Crippen MR) is 233 cm³/mol. The van der Waals surface area contributed by atoms with E-state index in [0.29, 0.717) is 28.4 Å². The molecule has 1 amide bonds. The number of hydrogen-bond acceptors (Lipinski definition) is 12. The van der Waals surface area contributed by atoms with Crippen molar-refractivity contribution in [3.63, 3.8) is 0 Å². The number of phenols is 1. The van der Waals surface area contributed by atoms with Crippen molar-refractivity contribution in [2.75, 3.05) is 12.4 Å². The lowest BCUT2D eigenvalue weighted by molar-refractivity contribution is -0.385. The second kappa shape index (κ2) is 20.9. The third-order valence-corrected chi connectivity index (χ3v) is 9.19. The number of hydrazine groups is 2. The normalized spacial score (nSPS) is 10.5. The fourth-order valence-corrected chi connectivity index (χ4v) is 6.23. The van der Waals surface area contributed by atoms with Crippen LogP contribution in [-0.4, -0.2) is 33.2 Å². The maximum atomic E-state index is 13.7. The second-order valence-corrected chi connectivity index (χ2v) is 12.9. The number of benzene rings is 5. The quantitative estimate of drug-likeness (QED) is 0.0653. The van der Waals surface area contributed by atoms with Gasteiger partial charge in [-0.15, -0.1) is 17.1 Å². The van der Waals surface area contributed by atoms with Gasteiger partial charge in [-0.3, -0.25) is 19.9 Å². The van der Waals surface area contributed by atoms with Gasteiger partial charge >= 0.3 is 5.69 Å². The van der Waals surface area contributed by atoms with Crippen LogP contribution < -0.4 is 30.6 Å². The maximum absolute atomic E-state index is 13.7. The molecular weight excluding hydrogens is 793 g/mol. The first-order valence-corrected chi connectivity index (χ1v) is 18.7. The van der Waals surface area contributed by atoms with Crippen molar-refractivity contribution in [1.29, 1.82) is 0 Å². The first-order valence-electron chi connectivity index (χ1n) is 17.7. The summed E-state index contributed by atoms with van der Waals surface area (Å²) in [5.41, 5.74) is 7.15. The van der Waals surface area contributed by atoms with E-state index in [0.717, 1.165) is 11.3 Å². The lowest BCUT2D eigenvalue weighted by Gasteiger charge is -2.18. The molecule has 14 heteroatoms. The van der Waals surface area contributed by atoms with Crippen LogP contribution >= 0.6 is 11.8 Å². The van der Waals surface area contributed by atoms with E-state index in [2.05, 4.69) is 98.6 Å². The smallest absolute Gasteiger partial charge is 0.311 e. The number of methoxy groups -OCH3 is 1. The number of hydrazone groups is 1. The number of phenolic OH excluding ortho intramolecular Hbond substituents is 1. The summed E-state index contributed by atoms with van der Waals surface area (Å²) < 4.78 is 16.9. The first kappa shape index (κ1) is 41.6. The van der Waals surface area contributed by atoms with Gasteiger partial charge in [0.05, 0.1) is 29.8 Å². The predicted octanol–water partition coefficient (Wildman–Crippen LogP) is 6.53. The number of carbonyl (C=O) groups excluding carboxylic acids is 1. The Bertz CT molecular complexity index is 3000. The van der Waals surface area contributed by atoms with E-state index in [1.807, 2.05) is 29.3 Å². The molecule has 294 valence electrons. The number of anilines is 1. The van der Waals surface area contributed by atoms with Crippen LogP contribution in [0, 0.1) is 93.7 Å². The number of fused-ring (bicyclic) bond motifs is 1. The minimum absolute atomic E-state index is 0.0698. The van der Waals surface area contributed by atoms with Crippen molar-refractivity contribution in [2.45, 2.75) is 12.3 Å². The summed E-state index contributed by atoms with van der Waals surface area (Å²) in [4.78, 5) is 25.6. The van der Waals surface area contributed by atoms with Gasteiger partial charge in [-0.05, 0) is 83.0 Å². The van der Waals surface area contributed by atoms with Crippen LogP contribution in [0.15, 0.2) is 102 Å². The SMILES string of the molecule is C#CC#CC#CC#CC#CC#CC#COc1ccccc1NC(=O)c1cc(Oc2ccc(CSC3=NNNN3Cc3ccc(OC)cc3)cc2[N+](=O)[O-])c2ccccc2c1O. The summed E-state index contributed by atoms with van der Waals surface area (Å²) in [6.07, 6.45) is 7.43. The van der Waals surface area contributed by atoms with Gasteiger partial charge in [-0.25, -0.2) is 5.53 Å². The van der Waals surface area contributed by atoms with Crippen molar-refractivity contribution in [1.82, 2.24) is 16.1 Å². The standard InChI is InChI=1S/C47H28N6O7S/c1-3-4-5-6-7-8-9-10-11-12-13-18-29-59-42-22-17-16-21-40(42)48-46(55)39-31-44(37-19-14-15-20-38(37)45(39)54)60-43-28-25-35(30-41(43)53(56)57)33-61-47-49-50-51-52(47)32-34-23-26-36(58-2)27-24-34/h1,14-17,19-28,30-31,50-51,54H,32-33H2,2H3,(H,48,55). The number of aromatic hydroxyl groups is 1. The third-order valence-electron chi connectivity index (χ3n) is 8.14. The zero-order chi connectivity index (χ0) is 42.8. The largest absolute Gasteiger partial charge is 0.506 e. The first-order chi connectivity index (χ1) is 29.8. The Morgan fingerprint density at radius 1 is 0.836 bits per heavy atom. The molecule has 0 spiro atoms. The van der Waals surface area contributed by atoms with E-state index in [4.69, 9.17) is 20.6 Å². The van der Waals surface area contributed by atoms with Crippen LogP contribution in [0.2, 0.25) is 0 Å². The molecule has 6 rings (SSSR count). The van der Waals surface area contributed by atoms with Gasteiger partial charge in [0, 0.05) is 58.1 Å². The van der Waals surface area contributed by atoms with Crippen molar-refractivity contribution in [2.24, 2.45) is 5.10 Å². The number of nitro benzene ring substituents is 1. The van der Waals surface area contributed by atoms with Gasteiger partial charge in [-0.1, -0.05) is 66.4 Å². The molecule has 0 fully saturated rings. The van der Waals surface area contributed by atoms with Crippen LogP contribution in [0.5, 0.6) is 28.7 Å². The molecule has 4 N–H and O–H groups in total. The fraction of sp³-hybridized carbons (Fsp3) is 0.0638. The van der Waals surface area contributed by atoms with Gasteiger partial charge < -0.3 is 24.6 Å². The van der Waals surface area contributed by atoms with Crippen LogP contribution in [0.1, 0.15) is 21.5 Å². The highest BCUT2D eigenvalue weighted by atomic mass is 32.2. The monoisotopic (exact) mass is 820 g/mol. The number of nitrogens with zero attached hydrogens (tertiary/aromatic N) is 3. The molecule has 5 aromatic carbocycles. The Balaban J connectivity index is 1.16. The van der Waals surface area contributed by atoms with Crippen LogP contribution in [0.3, 0.4) is 0 Å². The van der Waals surface area contributed by atoms with Gasteiger partial charge in [0.25, 0.3) is 5.91 Å². The molecule has 0 aromatic heterocycles. The fourth-order valence-electron chi connectivity index (χ4n) is 5.38. The molecule has 13 nitrogen and oxygen atoms in total. The van der Waals surface area contributed by atoms with Crippen molar-refractivity contribution < 1.29 is 29.0 Å². The van der Waals surface area contributed by atoms with Crippen LogP contribution in [-0.2, 0) is 12.3 Å². The van der Waals surface area contributed by atoms with Crippen molar-refractivity contribution in [3.05, 3.63) is 124 Å². The highest BCUT2D eigenvalue weighted by Crippen LogP contribution is 2.41. The number of para-hydroxylation sites is 2. The second-order valence-electron chi connectivity index (χ2n) is 12.0. The van der Waals surface area contributed by atoms with E-state index in [1.165, 1.54) is 30.0 Å². The highest BCUT2D eigenvalue weighted by Gasteiger charge is 2.24. The number of hydrogen-bond donors (Lipinski definition) is 4. The Hall–Kier alpha value is -9.07. The lowest BCUT2D eigenvalue weighted by Crippen LogP contribution is -2.39. The molecule has 1 aliphatic rings.